The predicted octanol–water partition coefficient (Wildman–Crippen LogP) is 4.63. The Bertz CT molecular complexity index is 653. The van der Waals surface area contributed by atoms with Crippen molar-refractivity contribution in [2.45, 2.75) is 32.1 Å². The first-order valence-corrected chi connectivity index (χ1v) is 7.18. The van der Waals surface area contributed by atoms with E-state index in [1.54, 1.807) is 11.1 Å². The first-order chi connectivity index (χ1) is 9.43. The van der Waals surface area contributed by atoms with Crippen LogP contribution in [0.4, 0.5) is 0 Å². The van der Waals surface area contributed by atoms with Gasteiger partial charge in [0.2, 0.25) is 0 Å². The van der Waals surface area contributed by atoms with Crippen molar-refractivity contribution in [3.05, 3.63) is 59.3 Å². The van der Waals surface area contributed by atoms with Crippen molar-refractivity contribution >= 4 is 5.57 Å². The van der Waals surface area contributed by atoms with Crippen molar-refractivity contribution in [2.75, 3.05) is 0 Å². The molecule has 2 aromatic rings. The van der Waals surface area contributed by atoms with Gasteiger partial charge in [-0.1, -0.05) is 29.8 Å². The molecule has 0 N–H and O–H groups in total. The van der Waals surface area contributed by atoms with E-state index in [0.717, 1.165) is 12.1 Å². The van der Waals surface area contributed by atoms with E-state index in [1.807, 2.05) is 12.3 Å². The van der Waals surface area contributed by atoms with Crippen molar-refractivity contribution in [3.8, 4) is 11.3 Å². The summed E-state index contributed by atoms with van der Waals surface area (Å²) in [6.45, 7) is 0. The van der Waals surface area contributed by atoms with Gasteiger partial charge in [-0.15, -0.1) is 0 Å². The number of nitrogens with zero attached hydrogens (tertiary/aromatic N) is 1. The molecule has 1 nitrogen and oxygen atoms in total. The van der Waals surface area contributed by atoms with E-state index < -0.39 is 0 Å². The lowest BCUT2D eigenvalue weighted by Gasteiger charge is -2.13. The molecule has 0 unspecified atom stereocenters. The van der Waals surface area contributed by atoms with Gasteiger partial charge in [0.05, 0.1) is 5.69 Å². The summed E-state index contributed by atoms with van der Waals surface area (Å²) < 4.78 is 0. The highest BCUT2D eigenvalue weighted by Gasteiger charge is 2.25. The van der Waals surface area contributed by atoms with Crippen LogP contribution in [0.2, 0.25) is 0 Å². The van der Waals surface area contributed by atoms with Crippen LogP contribution in [0.5, 0.6) is 0 Å². The minimum Gasteiger partial charge on any atom is -0.256 e. The second kappa shape index (κ2) is 4.34. The summed E-state index contributed by atoms with van der Waals surface area (Å²) >= 11 is 0. The Morgan fingerprint density at radius 2 is 1.74 bits per heavy atom. The summed E-state index contributed by atoms with van der Waals surface area (Å²) in [7, 11) is 0. The molecule has 0 radical (unpaired) electrons. The van der Waals surface area contributed by atoms with Gasteiger partial charge in [0, 0.05) is 11.8 Å². The van der Waals surface area contributed by atoms with Crippen LogP contribution in [-0.2, 0) is 6.42 Å². The number of hydrogen-bond acceptors (Lipinski definition) is 1. The molecule has 0 saturated carbocycles. The molecule has 0 spiro atoms. The van der Waals surface area contributed by atoms with Crippen molar-refractivity contribution in [2.24, 2.45) is 0 Å². The topological polar surface area (TPSA) is 12.9 Å². The van der Waals surface area contributed by atoms with E-state index in [9.17, 15) is 0 Å². The Kier molecular flexibility index (Phi) is 2.51. The van der Waals surface area contributed by atoms with E-state index in [2.05, 4.69) is 35.3 Å². The smallest absolute Gasteiger partial charge is 0.0705 e. The molecule has 2 aliphatic rings. The summed E-state index contributed by atoms with van der Waals surface area (Å²) in [6.07, 6.45) is 8.33. The highest BCUT2D eigenvalue weighted by molar-refractivity contribution is 5.83. The summed E-state index contributed by atoms with van der Waals surface area (Å²) in [6, 6.07) is 12.9. The van der Waals surface area contributed by atoms with Crippen LogP contribution in [0.1, 0.15) is 36.8 Å². The maximum Gasteiger partial charge on any atom is 0.0705 e. The van der Waals surface area contributed by atoms with Crippen LogP contribution < -0.4 is 0 Å². The lowest BCUT2D eigenvalue weighted by atomic mass is 9.92. The molecule has 2 aliphatic carbocycles. The molecule has 0 saturated heterocycles. The van der Waals surface area contributed by atoms with Gasteiger partial charge < -0.3 is 0 Å². The maximum atomic E-state index is 4.53. The largest absolute Gasteiger partial charge is 0.256 e. The average Bonchev–Trinajstić information content (AvgIpc) is 2.87. The summed E-state index contributed by atoms with van der Waals surface area (Å²) in [5.74, 6) is 0. The number of pyridine rings is 1. The summed E-state index contributed by atoms with van der Waals surface area (Å²) in [4.78, 5) is 4.53. The average molecular weight is 247 g/mol. The van der Waals surface area contributed by atoms with Gasteiger partial charge in [0.25, 0.3) is 0 Å². The fourth-order valence-corrected chi connectivity index (χ4v) is 3.52. The molecule has 0 atom stereocenters. The van der Waals surface area contributed by atoms with Crippen molar-refractivity contribution < 1.29 is 0 Å². The SMILES string of the molecule is c1ccc(-c2cccc3c2CC2=C3CCCC2)nc1. The fraction of sp³-hybridized carbons (Fsp3) is 0.278. The molecule has 94 valence electrons. The van der Waals surface area contributed by atoms with Gasteiger partial charge >= 0.3 is 0 Å². The van der Waals surface area contributed by atoms with Gasteiger partial charge in [-0.2, -0.15) is 0 Å². The molecule has 4 rings (SSSR count). The van der Waals surface area contributed by atoms with E-state index in [0.29, 0.717) is 0 Å². The first-order valence-electron chi connectivity index (χ1n) is 7.18. The summed E-state index contributed by atoms with van der Waals surface area (Å²) in [5.41, 5.74) is 8.77. The van der Waals surface area contributed by atoms with E-state index in [1.165, 1.54) is 42.4 Å². The fourth-order valence-electron chi connectivity index (χ4n) is 3.52. The molecule has 0 amide bonds. The van der Waals surface area contributed by atoms with Gasteiger partial charge in [-0.25, -0.2) is 0 Å². The third kappa shape index (κ3) is 1.73. The zero-order valence-corrected chi connectivity index (χ0v) is 11.0. The Balaban J connectivity index is 1.86. The third-order valence-corrected chi connectivity index (χ3v) is 4.41. The molecular weight excluding hydrogens is 230 g/mol. The molecule has 0 aliphatic heterocycles. The van der Waals surface area contributed by atoms with Crippen molar-refractivity contribution in [1.82, 2.24) is 4.98 Å². The number of fused-ring (bicyclic) bond motifs is 2. The van der Waals surface area contributed by atoms with Crippen LogP contribution in [0.15, 0.2) is 48.2 Å². The van der Waals surface area contributed by atoms with E-state index in [4.69, 9.17) is 0 Å². The molecule has 0 bridgehead atoms. The quantitative estimate of drug-likeness (QED) is 0.715. The second-order valence-corrected chi connectivity index (χ2v) is 5.51. The van der Waals surface area contributed by atoms with Crippen LogP contribution >= 0.6 is 0 Å². The van der Waals surface area contributed by atoms with Crippen molar-refractivity contribution in [1.29, 1.82) is 0 Å². The monoisotopic (exact) mass is 247 g/mol. The molecule has 1 heteroatoms. The van der Waals surface area contributed by atoms with Gasteiger partial charge in [-0.3, -0.25) is 4.98 Å². The lowest BCUT2D eigenvalue weighted by Crippen LogP contribution is -1.93. The third-order valence-electron chi connectivity index (χ3n) is 4.41. The maximum absolute atomic E-state index is 4.53. The Morgan fingerprint density at radius 1 is 0.842 bits per heavy atom. The highest BCUT2D eigenvalue weighted by atomic mass is 14.7. The number of aromatic nitrogens is 1. The second-order valence-electron chi connectivity index (χ2n) is 5.51. The zero-order chi connectivity index (χ0) is 12.7. The van der Waals surface area contributed by atoms with Gasteiger partial charge in [0.15, 0.2) is 0 Å². The van der Waals surface area contributed by atoms with Crippen LogP contribution in [0.3, 0.4) is 0 Å². The molecule has 1 aromatic heterocycles. The molecule has 19 heavy (non-hydrogen) atoms. The van der Waals surface area contributed by atoms with Crippen LogP contribution in [0.25, 0.3) is 16.8 Å². The number of rotatable bonds is 1. The minimum atomic E-state index is 1.11. The highest BCUT2D eigenvalue weighted by Crippen LogP contribution is 2.44. The van der Waals surface area contributed by atoms with Crippen molar-refractivity contribution in [3.63, 3.8) is 0 Å². The predicted molar refractivity (Wildman–Crippen MR) is 78.8 cm³/mol. The van der Waals surface area contributed by atoms with Crippen LogP contribution in [0, 0.1) is 0 Å². The minimum absolute atomic E-state index is 1.11. The van der Waals surface area contributed by atoms with Gasteiger partial charge in [0.1, 0.15) is 0 Å². The van der Waals surface area contributed by atoms with E-state index >= 15 is 0 Å². The van der Waals surface area contributed by atoms with E-state index in [-0.39, 0.29) is 0 Å². The van der Waals surface area contributed by atoms with Crippen LogP contribution in [-0.4, -0.2) is 4.98 Å². The van der Waals surface area contributed by atoms with Gasteiger partial charge in [-0.05, 0) is 60.9 Å². The molecule has 1 aromatic carbocycles. The first kappa shape index (κ1) is 11.0. The standard InChI is InChI=1S/C18H17N/c1-2-7-14-13(6-1)12-17-15(14)8-5-9-16(17)18-10-3-4-11-19-18/h3-5,8-11H,1-2,6-7,12H2. The Hall–Kier alpha value is -1.89. The Morgan fingerprint density at radius 3 is 2.63 bits per heavy atom. The zero-order valence-electron chi connectivity index (χ0n) is 11.0. The molecule has 0 fully saturated rings. The normalized spacial score (nSPS) is 17.3. The number of allylic oxidation sites excluding steroid dienone is 2. The number of hydrogen-bond donors (Lipinski definition) is 0. The molecular formula is C18H17N. The molecule has 1 heterocycles. The lowest BCUT2D eigenvalue weighted by molar-refractivity contribution is 0.711. The number of benzene rings is 1. The summed E-state index contributed by atoms with van der Waals surface area (Å²) in [5, 5.41) is 0. The Labute approximate surface area is 114 Å².